The minimum Gasteiger partial charge on any atom is -0.370 e. The van der Waals surface area contributed by atoms with Crippen LogP contribution in [-0.4, -0.2) is 42.8 Å². The summed E-state index contributed by atoms with van der Waals surface area (Å²) in [6, 6.07) is -1.06. The molecule has 0 rings (SSSR count). The molecule has 5 N–H and O–H groups in total. The number of nitrogens with one attached hydrogen (secondary N) is 3. The van der Waals surface area contributed by atoms with Gasteiger partial charge in [0.05, 0.1) is 13.0 Å². The van der Waals surface area contributed by atoms with Crippen molar-refractivity contribution in [3.05, 3.63) is 0 Å². The first-order valence-corrected chi connectivity index (χ1v) is 5.46. The zero-order chi connectivity index (χ0) is 14.1. The van der Waals surface area contributed by atoms with Crippen molar-refractivity contribution in [2.24, 2.45) is 5.73 Å². The zero-order valence-corrected chi connectivity index (χ0v) is 10.4. The van der Waals surface area contributed by atoms with Gasteiger partial charge >= 0.3 is 0 Å². The van der Waals surface area contributed by atoms with E-state index in [1.165, 1.54) is 6.92 Å². The summed E-state index contributed by atoms with van der Waals surface area (Å²) in [5.74, 6) is -2.17. The fraction of sp³-hybridized carbons (Fsp3) is 0.600. The maximum Gasteiger partial charge on any atom is 0.243 e. The van der Waals surface area contributed by atoms with Crippen LogP contribution in [0.1, 0.15) is 20.3 Å². The van der Waals surface area contributed by atoms with Gasteiger partial charge in [0.1, 0.15) is 6.04 Å². The quantitative estimate of drug-likeness (QED) is 0.406. The Labute approximate surface area is 105 Å². The Bertz CT molecular complexity index is 327. The lowest BCUT2D eigenvalue weighted by Gasteiger charge is -2.15. The standard InChI is InChI=1S/C10H18N4O4/c1-3-12-9(17)5-13-10(18)7(4-8(11)16)14-6(2)15/h7H,3-5H2,1-2H3,(H2,11,16)(H,12,17)(H,13,18)(H,14,15). The smallest absolute Gasteiger partial charge is 0.243 e. The monoisotopic (exact) mass is 258 g/mol. The van der Waals surface area contributed by atoms with Crippen LogP contribution in [0, 0.1) is 0 Å². The minimum atomic E-state index is -1.06. The third-order valence-electron chi connectivity index (χ3n) is 1.90. The Morgan fingerprint density at radius 2 is 1.78 bits per heavy atom. The molecule has 8 nitrogen and oxygen atoms in total. The molecule has 0 aromatic carbocycles. The summed E-state index contributed by atoms with van der Waals surface area (Å²) in [4.78, 5) is 44.3. The highest BCUT2D eigenvalue weighted by Gasteiger charge is 2.21. The molecule has 0 aromatic heterocycles. The molecular weight excluding hydrogens is 240 g/mol. The van der Waals surface area contributed by atoms with E-state index in [-0.39, 0.29) is 18.9 Å². The normalized spacial score (nSPS) is 11.2. The summed E-state index contributed by atoms with van der Waals surface area (Å²) in [6.07, 6.45) is -0.319. The third kappa shape index (κ3) is 7.20. The van der Waals surface area contributed by atoms with Crippen LogP contribution in [0.4, 0.5) is 0 Å². The summed E-state index contributed by atoms with van der Waals surface area (Å²) >= 11 is 0. The first-order valence-electron chi connectivity index (χ1n) is 5.46. The summed E-state index contributed by atoms with van der Waals surface area (Å²) in [7, 11) is 0. The first kappa shape index (κ1) is 15.9. The number of likely N-dealkylation sites (N-methyl/N-ethyl adjacent to an activating group) is 1. The van der Waals surface area contributed by atoms with Gasteiger partial charge in [0, 0.05) is 13.5 Å². The van der Waals surface area contributed by atoms with Crippen LogP contribution in [-0.2, 0) is 19.2 Å². The lowest BCUT2D eigenvalue weighted by atomic mass is 10.2. The Hall–Kier alpha value is -2.12. The predicted octanol–water partition coefficient (Wildman–Crippen LogP) is -2.38. The Balaban J connectivity index is 4.32. The molecule has 0 bridgehead atoms. The van der Waals surface area contributed by atoms with Gasteiger partial charge in [-0.3, -0.25) is 19.2 Å². The van der Waals surface area contributed by atoms with E-state index in [4.69, 9.17) is 5.73 Å². The first-order chi connectivity index (χ1) is 8.36. The number of nitrogens with two attached hydrogens (primary N) is 1. The van der Waals surface area contributed by atoms with Crippen LogP contribution in [0.15, 0.2) is 0 Å². The van der Waals surface area contributed by atoms with Gasteiger partial charge in [-0.15, -0.1) is 0 Å². The van der Waals surface area contributed by atoms with Gasteiger partial charge in [-0.05, 0) is 6.92 Å². The van der Waals surface area contributed by atoms with Crippen molar-refractivity contribution in [3.8, 4) is 0 Å². The molecule has 102 valence electrons. The number of rotatable bonds is 7. The maximum atomic E-state index is 11.6. The fourth-order valence-corrected chi connectivity index (χ4v) is 1.21. The van der Waals surface area contributed by atoms with Crippen molar-refractivity contribution in [3.63, 3.8) is 0 Å². The molecule has 0 saturated carbocycles. The third-order valence-corrected chi connectivity index (χ3v) is 1.90. The molecule has 1 atom stereocenters. The van der Waals surface area contributed by atoms with Crippen LogP contribution >= 0.6 is 0 Å². The van der Waals surface area contributed by atoms with Crippen LogP contribution in [0.25, 0.3) is 0 Å². The second-order valence-electron chi connectivity index (χ2n) is 3.59. The predicted molar refractivity (Wildman–Crippen MR) is 63.1 cm³/mol. The molecule has 18 heavy (non-hydrogen) atoms. The van der Waals surface area contributed by atoms with E-state index < -0.39 is 23.8 Å². The van der Waals surface area contributed by atoms with E-state index in [0.29, 0.717) is 6.54 Å². The van der Waals surface area contributed by atoms with Gasteiger partial charge in [0.15, 0.2) is 0 Å². The highest BCUT2D eigenvalue weighted by molar-refractivity contribution is 5.93. The zero-order valence-electron chi connectivity index (χ0n) is 10.4. The van der Waals surface area contributed by atoms with Crippen molar-refractivity contribution in [2.45, 2.75) is 26.3 Å². The van der Waals surface area contributed by atoms with Gasteiger partial charge in [-0.2, -0.15) is 0 Å². The molecular formula is C10H18N4O4. The molecule has 8 heteroatoms. The molecule has 0 aliphatic rings. The van der Waals surface area contributed by atoms with Gasteiger partial charge in [-0.1, -0.05) is 0 Å². The van der Waals surface area contributed by atoms with Crippen LogP contribution in [0.3, 0.4) is 0 Å². The van der Waals surface area contributed by atoms with Crippen molar-refractivity contribution >= 4 is 23.6 Å². The Morgan fingerprint density at radius 1 is 1.17 bits per heavy atom. The van der Waals surface area contributed by atoms with Crippen molar-refractivity contribution in [2.75, 3.05) is 13.1 Å². The fourth-order valence-electron chi connectivity index (χ4n) is 1.21. The number of hydrogen-bond acceptors (Lipinski definition) is 4. The molecule has 0 radical (unpaired) electrons. The lowest BCUT2D eigenvalue weighted by molar-refractivity contribution is -0.131. The van der Waals surface area contributed by atoms with Crippen molar-refractivity contribution in [1.29, 1.82) is 0 Å². The molecule has 0 heterocycles. The number of carbonyl (C=O) groups is 4. The molecule has 0 spiro atoms. The van der Waals surface area contributed by atoms with Gasteiger partial charge < -0.3 is 21.7 Å². The minimum absolute atomic E-state index is 0.221. The summed E-state index contributed by atoms with van der Waals surface area (Å²) in [6.45, 7) is 3.19. The number of amides is 4. The summed E-state index contributed by atoms with van der Waals surface area (Å²) in [5, 5.41) is 7.08. The summed E-state index contributed by atoms with van der Waals surface area (Å²) < 4.78 is 0. The molecule has 0 saturated heterocycles. The molecule has 1 unspecified atom stereocenters. The Morgan fingerprint density at radius 3 is 2.22 bits per heavy atom. The second-order valence-corrected chi connectivity index (χ2v) is 3.59. The highest BCUT2D eigenvalue weighted by Crippen LogP contribution is 1.91. The van der Waals surface area contributed by atoms with Gasteiger partial charge in [-0.25, -0.2) is 0 Å². The SMILES string of the molecule is CCNC(=O)CNC(=O)C(CC(N)=O)NC(C)=O. The topological polar surface area (TPSA) is 130 Å². The number of carbonyl (C=O) groups excluding carboxylic acids is 4. The van der Waals surface area contributed by atoms with Crippen molar-refractivity contribution in [1.82, 2.24) is 16.0 Å². The van der Waals surface area contributed by atoms with Gasteiger partial charge in [0.25, 0.3) is 0 Å². The molecule has 0 fully saturated rings. The van der Waals surface area contributed by atoms with E-state index in [9.17, 15) is 19.2 Å². The average molecular weight is 258 g/mol. The van der Waals surface area contributed by atoms with Gasteiger partial charge in [0.2, 0.25) is 23.6 Å². The molecule has 0 aliphatic heterocycles. The highest BCUT2D eigenvalue weighted by atomic mass is 16.2. The number of primary amides is 1. The van der Waals surface area contributed by atoms with Crippen LogP contribution < -0.4 is 21.7 Å². The molecule has 4 amide bonds. The van der Waals surface area contributed by atoms with E-state index in [1.807, 2.05) is 0 Å². The maximum absolute atomic E-state index is 11.6. The lowest BCUT2D eigenvalue weighted by Crippen LogP contribution is -2.50. The van der Waals surface area contributed by atoms with Crippen LogP contribution in [0.2, 0.25) is 0 Å². The number of hydrogen-bond donors (Lipinski definition) is 4. The Kier molecular flexibility index (Phi) is 7.10. The summed E-state index contributed by atoms with van der Waals surface area (Å²) in [5.41, 5.74) is 4.96. The van der Waals surface area contributed by atoms with E-state index in [0.717, 1.165) is 0 Å². The molecule has 0 aromatic rings. The van der Waals surface area contributed by atoms with E-state index >= 15 is 0 Å². The van der Waals surface area contributed by atoms with Crippen LogP contribution in [0.5, 0.6) is 0 Å². The van der Waals surface area contributed by atoms with E-state index in [2.05, 4.69) is 16.0 Å². The second kappa shape index (κ2) is 8.04. The largest absolute Gasteiger partial charge is 0.370 e. The molecule has 0 aliphatic carbocycles. The van der Waals surface area contributed by atoms with E-state index in [1.54, 1.807) is 6.92 Å². The average Bonchev–Trinajstić information content (AvgIpc) is 2.24. The van der Waals surface area contributed by atoms with Crippen molar-refractivity contribution < 1.29 is 19.2 Å².